The molecule has 1 heterocycles. The third kappa shape index (κ3) is 5.24. The second-order valence-electron chi connectivity index (χ2n) is 7.84. The molecule has 1 aromatic heterocycles. The predicted octanol–water partition coefficient (Wildman–Crippen LogP) is 4.54. The number of carbonyl (C=O) groups excluding carboxylic acids is 1. The Morgan fingerprint density at radius 3 is 2.50 bits per heavy atom. The molecule has 2 atom stereocenters. The number of nitrogens with two attached hydrogens (primary N) is 1. The maximum atomic E-state index is 11.7. The fourth-order valence-electron chi connectivity index (χ4n) is 4.01. The summed E-state index contributed by atoms with van der Waals surface area (Å²) in [5.41, 5.74) is 7.90. The molecule has 2 aromatic carbocycles. The monoisotopic (exact) mass is 429 g/mol. The van der Waals surface area contributed by atoms with E-state index in [0.29, 0.717) is 11.6 Å². The summed E-state index contributed by atoms with van der Waals surface area (Å²) in [6, 6.07) is 17.6. The average Bonchev–Trinajstić information content (AvgIpc) is 2.81. The first-order valence-corrected chi connectivity index (χ1v) is 10.8. The molecular formula is C25H27N5O2. The molecule has 0 saturated heterocycles. The number of nitrogen functional groups attached to an aromatic ring is 1. The van der Waals surface area contributed by atoms with E-state index < -0.39 is 0 Å². The number of aromatic nitrogens is 2. The Labute approximate surface area is 187 Å². The van der Waals surface area contributed by atoms with Gasteiger partial charge in [0.25, 0.3) is 0 Å². The molecule has 1 unspecified atom stereocenters. The third-order valence-electron chi connectivity index (χ3n) is 5.55. The number of para-hydroxylation sites is 1. The van der Waals surface area contributed by atoms with Crippen LogP contribution < -0.4 is 21.1 Å². The maximum Gasteiger partial charge on any atom is 0.243 e. The van der Waals surface area contributed by atoms with Crippen molar-refractivity contribution in [1.82, 2.24) is 15.3 Å². The summed E-state index contributed by atoms with van der Waals surface area (Å²) in [7, 11) is 0. The highest BCUT2D eigenvalue weighted by atomic mass is 16.5. The molecule has 3 aromatic rings. The number of rotatable bonds is 7. The minimum Gasteiger partial charge on any atom is -0.457 e. The minimum absolute atomic E-state index is 0.115. The lowest BCUT2D eigenvalue weighted by atomic mass is 9.90. The summed E-state index contributed by atoms with van der Waals surface area (Å²) >= 11 is 0. The molecule has 1 saturated carbocycles. The van der Waals surface area contributed by atoms with Crippen LogP contribution in [0.25, 0.3) is 11.1 Å². The molecule has 1 amide bonds. The van der Waals surface area contributed by atoms with E-state index in [1.54, 1.807) is 0 Å². The summed E-state index contributed by atoms with van der Waals surface area (Å²) < 4.78 is 5.88. The second-order valence-corrected chi connectivity index (χ2v) is 7.84. The number of nitrogens with one attached hydrogen (secondary N) is 2. The van der Waals surface area contributed by atoms with Crippen LogP contribution in [0.15, 0.2) is 73.6 Å². The second kappa shape index (κ2) is 9.96. The van der Waals surface area contributed by atoms with Crippen molar-refractivity contribution in [2.45, 2.75) is 37.8 Å². The number of amides is 1. The first-order chi connectivity index (χ1) is 15.6. The number of carbonyl (C=O) groups is 1. The van der Waals surface area contributed by atoms with Crippen LogP contribution in [0.1, 0.15) is 25.7 Å². The van der Waals surface area contributed by atoms with Crippen molar-refractivity contribution in [3.05, 3.63) is 73.6 Å². The quantitative estimate of drug-likeness (QED) is 0.477. The molecule has 164 valence electrons. The normalized spacial score (nSPS) is 17.9. The molecule has 4 N–H and O–H groups in total. The Morgan fingerprint density at radius 1 is 1.03 bits per heavy atom. The standard InChI is InChI=1S/C25H27N5O2/c1-2-22(31)29-18-7-6-8-19(15-18)30-25-23(24(26)27-16-28-25)17-11-13-21(14-12-17)32-20-9-4-3-5-10-20/h2-5,9-14,16,18-19H,1,6-8,15H2,(H,29,31)(H3,26,27,28,30)/t18?,19-/m0/s1. The Kier molecular flexibility index (Phi) is 6.65. The van der Waals surface area contributed by atoms with Gasteiger partial charge in [0.2, 0.25) is 5.91 Å². The maximum absolute atomic E-state index is 11.7. The number of benzene rings is 2. The van der Waals surface area contributed by atoms with Gasteiger partial charge in [-0.25, -0.2) is 9.97 Å². The van der Waals surface area contributed by atoms with Crippen molar-refractivity contribution in [3.8, 4) is 22.6 Å². The van der Waals surface area contributed by atoms with Crippen LogP contribution in [0.5, 0.6) is 11.5 Å². The van der Waals surface area contributed by atoms with Crippen LogP contribution in [0.4, 0.5) is 11.6 Å². The molecule has 0 spiro atoms. The topological polar surface area (TPSA) is 102 Å². The summed E-state index contributed by atoms with van der Waals surface area (Å²) in [5.74, 6) is 2.47. The molecule has 1 fully saturated rings. The van der Waals surface area contributed by atoms with Crippen molar-refractivity contribution in [2.75, 3.05) is 11.1 Å². The van der Waals surface area contributed by atoms with E-state index in [9.17, 15) is 4.79 Å². The molecule has 4 rings (SSSR count). The lowest BCUT2D eigenvalue weighted by molar-refractivity contribution is -0.117. The fourth-order valence-corrected chi connectivity index (χ4v) is 4.01. The van der Waals surface area contributed by atoms with Gasteiger partial charge in [0.05, 0.1) is 5.56 Å². The lowest BCUT2D eigenvalue weighted by Gasteiger charge is -2.31. The van der Waals surface area contributed by atoms with Gasteiger partial charge < -0.3 is 21.1 Å². The smallest absolute Gasteiger partial charge is 0.243 e. The highest BCUT2D eigenvalue weighted by Gasteiger charge is 2.24. The molecule has 7 nitrogen and oxygen atoms in total. The van der Waals surface area contributed by atoms with Gasteiger partial charge in [-0.1, -0.05) is 36.9 Å². The first kappa shape index (κ1) is 21.4. The highest BCUT2D eigenvalue weighted by molar-refractivity contribution is 5.87. The Hall–Kier alpha value is -3.87. The largest absolute Gasteiger partial charge is 0.457 e. The van der Waals surface area contributed by atoms with Crippen molar-refractivity contribution >= 4 is 17.5 Å². The number of hydrogen-bond acceptors (Lipinski definition) is 6. The zero-order valence-electron chi connectivity index (χ0n) is 17.8. The van der Waals surface area contributed by atoms with E-state index in [1.807, 2.05) is 54.6 Å². The van der Waals surface area contributed by atoms with Gasteiger partial charge in [0.1, 0.15) is 29.5 Å². The molecular weight excluding hydrogens is 402 g/mol. The van der Waals surface area contributed by atoms with Crippen LogP contribution in [0.2, 0.25) is 0 Å². The average molecular weight is 430 g/mol. The number of anilines is 2. The van der Waals surface area contributed by atoms with Gasteiger partial charge in [-0.05, 0) is 61.6 Å². The molecule has 0 bridgehead atoms. The fraction of sp³-hybridized carbons (Fsp3) is 0.240. The Bertz CT molecular complexity index is 1070. The lowest BCUT2D eigenvalue weighted by Crippen LogP contribution is -2.41. The van der Waals surface area contributed by atoms with Gasteiger partial charge in [-0.15, -0.1) is 0 Å². The van der Waals surface area contributed by atoms with Crippen molar-refractivity contribution in [1.29, 1.82) is 0 Å². The molecule has 1 aliphatic rings. The van der Waals surface area contributed by atoms with Gasteiger partial charge in [-0.2, -0.15) is 0 Å². The Balaban J connectivity index is 1.50. The van der Waals surface area contributed by atoms with Crippen LogP contribution in [0.3, 0.4) is 0 Å². The van der Waals surface area contributed by atoms with E-state index in [1.165, 1.54) is 12.4 Å². The van der Waals surface area contributed by atoms with Crippen LogP contribution in [-0.2, 0) is 4.79 Å². The molecule has 0 aliphatic heterocycles. The summed E-state index contributed by atoms with van der Waals surface area (Å²) in [5, 5.41) is 6.52. The van der Waals surface area contributed by atoms with Crippen molar-refractivity contribution in [2.24, 2.45) is 0 Å². The highest BCUT2D eigenvalue weighted by Crippen LogP contribution is 2.34. The van der Waals surface area contributed by atoms with E-state index in [4.69, 9.17) is 10.5 Å². The van der Waals surface area contributed by atoms with E-state index >= 15 is 0 Å². The number of nitrogens with zero attached hydrogens (tertiary/aromatic N) is 2. The van der Waals surface area contributed by atoms with E-state index in [2.05, 4.69) is 27.2 Å². The number of ether oxygens (including phenoxy) is 1. The molecule has 32 heavy (non-hydrogen) atoms. The van der Waals surface area contributed by atoms with Gasteiger partial charge in [0, 0.05) is 12.1 Å². The first-order valence-electron chi connectivity index (χ1n) is 10.8. The van der Waals surface area contributed by atoms with Crippen molar-refractivity contribution in [3.63, 3.8) is 0 Å². The van der Waals surface area contributed by atoms with Gasteiger partial charge >= 0.3 is 0 Å². The van der Waals surface area contributed by atoms with Crippen molar-refractivity contribution < 1.29 is 9.53 Å². The number of hydrogen-bond donors (Lipinski definition) is 3. The zero-order chi connectivity index (χ0) is 22.3. The minimum atomic E-state index is -0.138. The van der Waals surface area contributed by atoms with Crippen LogP contribution >= 0.6 is 0 Å². The molecule has 0 radical (unpaired) electrons. The molecule has 7 heteroatoms. The third-order valence-corrected chi connectivity index (χ3v) is 5.55. The Morgan fingerprint density at radius 2 is 1.75 bits per heavy atom. The van der Waals surface area contributed by atoms with Crippen LogP contribution in [0, 0.1) is 0 Å². The molecule has 1 aliphatic carbocycles. The summed E-state index contributed by atoms with van der Waals surface area (Å²) in [4.78, 5) is 20.3. The summed E-state index contributed by atoms with van der Waals surface area (Å²) in [6.07, 6.45) is 6.56. The van der Waals surface area contributed by atoms with E-state index in [0.717, 1.165) is 48.3 Å². The van der Waals surface area contributed by atoms with Crippen LogP contribution in [-0.4, -0.2) is 28.0 Å². The van der Waals surface area contributed by atoms with E-state index in [-0.39, 0.29) is 18.0 Å². The van der Waals surface area contributed by atoms with Gasteiger partial charge in [-0.3, -0.25) is 4.79 Å². The predicted molar refractivity (Wildman–Crippen MR) is 126 cm³/mol. The van der Waals surface area contributed by atoms with Gasteiger partial charge in [0.15, 0.2) is 0 Å². The SMILES string of the molecule is C=CC(=O)NC1CCC[C@H](Nc2ncnc(N)c2-c2ccc(Oc3ccccc3)cc2)C1. The zero-order valence-corrected chi connectivity index (χ0v) is 17.8. The summed E-state index contributed by atoms with van der Waals surface area (Å²) in [6.45, 7) is 3.53.